The molecule has 0 rings (SSSR count). The maximum Gasteiger partial charge on any atom is 0.311 e. The third kappa shape index (κ3) is 10.7. The van der Waals surface area contributed by atoms with Gasteiger partial charge in [0.2, 0.25) is 0 Å². The predicted molar refractivity (Wildman–Crippen MR) is 113 cm³/mol. The van der Waals surface area contributed by atoms with E-state index in [-0.39, 0.29) is 0 Å². The molecular formula is C23H42O6. The van der Waals surface area contributed by atoms with Crippen molar-refractivity contribution in [3.63, 3.8) is 0 Å². The summed E-state index contributed by atoms with van der Waals surface area (Å²) in [6.45, 7) is 19.7. The van der Waals surface area contributed by atoms with Crippen molar-refractivity contribution in [2.45, 2.75) is 112 Å². The van der Waals surface area contributed by atoms with Crippen LogP contribution in [0.4, 0.5) is 0 Å². The molecule has 3 unspecified atom stereocenters. The fourth-order valence-electron chi connectivity index (χ4n) is 3.06. The Morgan fingerprint density at radius 2 is 0.966 bits per heavy atom. The smallest absolute Gasteiger partial charge is 0.311 e. The lowest BCUT2D eigenvalue weighted by Crippen LogP contribution is -2.45. The number of rotatable bonds is 8. The second-order valence-electron chi connectivity index (χ2n) is 10.5. The molecule has 0 spiro atoms. The number of carbonyl (C=O) groups is 3. The van der Waals surface area contributed by atoms with Gasteiger partial charge in [0.25, 0.3) is 0 Å². The largest absolute Gasteiger partial charge is 0.460 e. The summed E-state index contributed by atoms with van der Waals surface area (Å²) < 4.78 is 16.8. The summed E-state index contributed by atoms with van der Waals surface area (Å²) in [5.74, 6) is -4.11. The molecule has 170 valence electrons. The van der Waals surface area contributed by atoms with Gasteiger partial charge in [0, 0.05) is 0 Å². The lowest BCUT2D eigenvalue weighted by molar-refractivity contribution is -0.182. The van der Waals surface area contributed by atoms with Crippen molar-refractivity contribution < 1.29 is 28.6 Å². The molecule has 0 aromatic heterocycles. The maximum absolute atomic E-state index is 13.2. The molecule has 0 saturated carbocycles. The quantitative estimate of drug-likeness (QED) is 0.407. The van der Waals surface area contributed by atoms with E-state index in [0.29, 0.717) is 19.3 Å². The molecule has 0 aromatic carbocycles. The summed E-state index contributed by atoms with van der Waals surface area (Å²) in [5.41, 5.74) is -2.14. The number of carbonyl (C=O) groups excluding carboxylic acids is 3. The van der Waals surface area contributed by atoms with Crippen LogP contribution in [0.25, 0.3) is 0 Å². The van der Waals surface area contributed by atoms with Crippen LogP contribution < -0.4 is 0 Å². The van der Waals surface area contributed by atoms with Crippen LogP contribution in [-0.4, -0.2) is 34.7 Å². The summed E-state index contributed by atoms with van der Waals surface area (Å²) in [6.07, 6.45) is 1.42. The van der Waals surface area contributed by atoms with Gasteiger partial charge in [-0.2, -0.15) is 0 Å². The van der Waals surface area contributed by atoms with Gasteiger partial charge in [-0.25, -0.2) is 0 Å². The average Bonchev–Trinajstić information content (AvgIpc) is 2.45. The Hall–Kier alpha value is -1.59. The molecule has 0 aliphatic carbocycles. The van der Waals surface area contributed by atoms with Crippen molar-refractivity contribution in [1.29, 1.82) is 0 Å². The van der Waals surface area contributed by atoms with E-state index < -0.39 is 52.5 Å². The standard InChI is InChI=1S/C23H42O6/c1-12-14-16(19(25)28-22(6,7)8)17(20(26)29-23(9,10)11)15(13-2)18(24)27-21(3,4)5/h15-17H,12-14H2,1-11H3. The van der Waals surface area contributed by atoms with Crippen LogP contribution in [0.15, 0.2) is 0 Å². The number of hydrogen-bond acceptors (Lipinski definition) is 6. The molecule has 0 N–H and O–H groups in total. The molecule has 0 fully saturated rings. The topological polar surface area (TPSA) is 78.9 Å². The molecule has 0 amide bonds. The highest BCUT2D eigenvalue weighted by atomic mass is 16.6. The van der Waals surface area contributed by atoms with E-state index in [1.54, 1.807) is 62.3 Å². The van der Waals surface area contributed by atoms with Crippen LogP contribution >= 0.6 is 0 Å². The fraction of sp³-hybridized carbons (Fsp3) is 0.870. The maximum atomic E-state index is 13.2. The summed E-state index contributed by atoms with van der Waals surface area (Å²) in [6, 6.07) is 0. The predicted octanol–water partition coefficient (Wildman–Crippen LogP) is 5.07. The van der Waals surface area contributed by atoms with Crippen LogP contribution in [0.1, 0.15) is 95.4 Å². The fourth-order valence-corrected chi connectivity index (χ4v) is 3.06. The van der Waals surface area contributed by atoms with Gasteiger partial charge >= 0.3 is 17.9 Å². The molecule has 0 bridgehead atoms. The van der Waals surface area contributed by atoms with E-state index in [4.69, 9.17) is 14.2 Å². The average molecular weight is 415 g/mol. The Morgan fingerprint density at radius 1 is 0.621 bits per heavy atom. The number of ether oxygens (including phenoxy) is 3. The van der Waals surface area contributed by atoms with Gasteiger partial charge in [-0.15, -0.1) is 0 Å². The van der Waals surface area contributed by atoms with Crippen LogP contribution in [0.2, 0.25) is 0 Å². The van der Waals surface area contributed by atoms with E-state index in [9.17, 15) is 14.4 Å². The zero-order valence-electron chi connectivity index (χ0n) is 20.3. The summed E-state index contributed by atoms with van der Waals surface area (Å²) in [5, 5.41) is 0. The normalized spacial score (nSPS) is 15.8. The molecule has 29 heavy (non-hydrogen) atoms. The molecule has 0 radical (unpaired) electrons. The highest BCUT2D eigenvalue weighted by molar-refractivity contribution is 5.87. The first-order valence-electron chi connectivity index (χ1n) is 10.6. The molecule has 3 atom stereocenters. The zero-order chi connectivity index (χ0) is 23.2. The lowest BCUT2D eigenvalue weighted by Gasteiger charge is -2.34. The van der Waals surface area contributed by atoms with Crippen molar-refractivity contribution in [2.75, 3.05) is 0 Å². The summed E-state index contributed by atoms with van der Waals surface area (Å²) >= 11 is 0. The highest BCUT2D eigenvalue weighted by Crippen LogP contribution is 2.34. The van der Waals surface area contributed by atoms with E-state index in [1.807, 2.05) is 13.8 Å². The third-order valence-corrected chi connectivity index (χ3v) is 4.00. The van der Waals surface area contributed by atoms with Crippen molar-refractivity contribution in [1.82, 2.24) is 0 Å². The zero-order valence-corrected chi connectivity index (χ0v) is 20.3. The van der Waals surface area contributed by atoms with Crippen molar-refractivity contribution in [2.24, 2.45) is 17.8 Å². The molecule has 0 heterocycles. The molecule has 0 saturated heterocycles. The van der Waals surface area contributed by atoms with Gasteiger partial charge in [0.15, 0.2) is 0 Å². The summed E-state index contributed by atoms with van der Waals surface area (Å²) in [4.78, 5) is 39.1. The number of hydrogen-bond donors (Lipinski definition) is 0. The SMILES string of the molecule is CCCC(C(=O)OC(C)(C)C)C(C(=O)OC(C)(C)C)C(CC)C(=O)OC(C)(C)C. The Morgan fingerprint density at radius 3 is 1.28 bits per heavy atom. The first kappa shape index (κ1) is 27.4. The number of esters is 3. The van der Waals surface area contributed by atoms with Crippen LogP contribution in [0.5, 0.6) is 0 Å². The molecule has 6 heteroatoms. The van der Waals surface area contributed by atoms with Crippen molar-refractivity contribution in [3.05, 3.63) is 0 Å². The first-order valence-corrected chi connectivity index (χ1v) is 10.6. The van der Waals surface area contributed by atoms with Crippen LogP contribution in [0.3, 0.4) is 0 Å². The third-order valence-electron chi connectivity index (χ3n) is 4.00. The van der Waals surface area contributed by atoms with Gasteiger partial charge in [-0.3, -0.25) is 14.4 Å². The minimum Gasteiger partial charge on any atom is -0.460 e. The van der Waals surface area contributed by atoms with Crippen molar-refractivity contribution in [3.8, 4) is 0 Å². The van der Waals surface area contributed by atoms with E-state index in [0.717, 1.165) is 0 Å². The van der Waals surface area contributed by atoms with E-state index in [1.165, 1.54) is 0 Å². The van der Waals surface area contributed by atoms with Gasteiger partial charge in [-0.1, -0.05) is 20.3 Å². The molecule has 0 aliphatic rings. The van der Waals surface area contributed by atoms with Gasteiger partial charge in [0.05, 0.1) is 17.8 Å². The second-order valence-corrected chi connectivity index (χ2v) is 10.5. The van der Waals surface area contributed by atoms with Gasteiger partial charge in [-0.05, 0) is 75.2 Å². The minimum absolute atomic E-state index is 0.349. The minimum atomic E-state index is -0.969. The van der Waals surface area contributed by atoms with Crippen LogP contribution in [0, 0.1) is 17.8 Å². The molecule has 0 aromatic rings. The van der Waals surface area contributed by atoms with E-state index >= 15 is 0 Å². The summed E-state index contributed by atoms with van der Waals surface area (Å²) in [7, 11) is 0. The Kier molecular flexibility index (Phi) is 9.87. The molecular weight excluding hydrogens is 372 g/mol. The Labute approximate surface area is 177 Å². The van der Waals surface area contributed by atoms with E-state index in [2.05, 4.69) is 0 Å². The van der Waals surface area contributed by atoms with Crippen LogP contribution in [-0.2, 0) is 28.6 Å². The lowest BCUT2D eigenvalue weighted by atomic mass is 9.77. The Bertz CT molecular complexity index is 559. The monoisotopic (exact) mass is 414 g/mol. The van der Waals surface area contributed by atoms with Gasteiger partial charge < -0.3 is 14.2 Å². The van der Waals surface area contributed by atoms with Gasteiger partial charge in [0.1, 0.15) is 16.8 Å². The molecule has 0 aliphatic heterocycles. The Balaban J connectivity index is 6.17. The second kappa shape index (κ2) is 10.4. The van der Waals surface area contributed by atoms with Crippen molar-refractivity contribution >= 4 is 17.9 Å². The molecule has 6 nitrogen and oxygen atoms in total. The highest BCUT2D eigenvalue weighted by Gasteiger charge is 2.46. The first-order chi connectivity index (χ1) is 12.9.